The van der Waals surface area contributed by atoms with Gasteiger partial charge in [-0.3, -0.25) is 0 Å². The van der Waals surface area contributed by atoms with Gasteiger partial charge < -0.3 is 14.3 Å². The maximum Gasteiger partial charge on any atom is 0.361 e. The highest BCUT2D eigenvalue weighted by Crippen LogP contribution is 2.16. The van der Waals surface area contributed by atoms with Crippen molar-refractivity contribution in [2.75, 3.05) is 13.7 Å². The molecule has 0 bridgehead atoms. The predicted molar refractivity (Wildman–Crippen MR) is 96.6 cm³/mol. The number of unbranched alkanes of at least 4 members (excludes halogenated alkanes) is 1. The van der Waals surface area contributed by atoms with Gasteiger partial charge in [0.05, 0.1) is 6.61 Å². The molecule has 0 fully saturated rings. The average Bonchev–Trinajstić information content (AvgIpc) is 2.66. The molecule has 0 amide bonds. The first-order valence-corrected chi connectivity index (χ1v) is 8.30. The lowest BCUT2D eigenvalue weighted by atomic mass is 10.0. The quantitative estimate of drug-likeness (QED) is 0.300. The smallest absolute Gasteiger partial charge is 0.361 e. The largest absolute Gasteiger partial charge is 0.489 e. The molecular formula is C20H23NO4. The van der Waals surface area contributed by atoms with E-state index in [1.165, 1.54) is 7.11 Å². The molecule has 5 nitrogen and oxygen atoms in total. The van der Waals surface area contributed by atoms with Crippen LogP contribution in [0.5, 0.6) is 5.75 Å². The summed E-state index contributed by atoms with van der Waals surface area (Å²) in [4.78, 5) is 17.2. The molecule has 0 aliphatic carbocycles. The number of para-hydroxylation sites is 1. The van der Waals surface area contributed by atoms with Gasteiger partial charge in [-0.05, 0) is 24.1 Å². The third kappa shape index (κ3) is 5.64. The zero-order valence-electron chi connectivity index (χ0n) is 14.6. The fraction of sp³-hybridized carbons (Fsp3) is 0.300. The van der Waals surface area contributed by atoms with Gasteiger partial charge in [0.25, 0.3) is 0 Å². The van der Waals surface area contributed by atoms with Crippen LogP contribution in [0.1, 0.15) is 30.9 Å². The summed E-state index contributed by atoms with van der Waals surface area (Å²) in [6.07, 6.45) is 1.76. The average molecular weight is 341 g/mol. The minimum atomic E-state index is -0.498. The minimum absolute atomic E-state index is 0.144. The molecule has 0 spiro atoms. The minimum Gasteiger partial charge on any atom is -0.489 e. The van der Waals surface area contributed by atoms with Gasteiger partial charge in [0.15, 0.2) is 5.71 Å². The van der Waals surface area contributed by atoms with Crippen molar-refractivity contribution in [3.8, 4) is 5.75 Å². The molecular weight excluding hydrogens is 318 g/mol. The van der Waals surface area contributed by atoms with Gasteiger partial charge in [0, 0.05) is 5.56 Å². The van der Waals surface area contributed by atoms with Crippen molar-refractivity contribution in [3.63, 3.8) is 0 Å². The first kappa shape index (κ1) is 18.5. The van der Waals surface area contributed by atoms with Crippen molar-refractivity contribution >= 4 is 11.7 Å². The Morgan fingerprint density at radius 1 is 1.04 bits per heavy atom. The summed E-state index contributed by atoms with van der Waals surface area (Å²) in [6, 6.07) is 16.9. The van der Waals surface area contributed by atoms with Gasteiger partial charge in [-0.1, -0.05) is 61.0 Å². The van der Waals surface area contributed by atoms with Gasteiger partial charge in [0.1, 0.15) is 19.5 Å². The molecule has 2 rings (SSSR count). The molecule has 2 aromatic carbocycles. The standard InChI is InChI=1S/C20H23NO4/c1-3-4-14-24-20(22)19(21-23-2)18-13-9-8-10-16(18)15-25-17-11-6-5-7-12-17/h5-13H,3-4,14-15H2,1-2H3. The summed E-state index contributed by atoms with van der Waals surface area (Å²) in [7, 11) is 1.41. The number of oxime groups is 1. The van der Waals surface area contributed by atoms with Crippen LogP contribution in [-0.4, -0.2) is 25.4 Å². The van der Waals surface area contributed by atoms with E-state index in [4.69, 9.17) is 14.3 Å². The molecule has 0 saturated heterocycles. The highest BCUT2D eigenvalue weighted by Gasteiger charge is 2.20. The van der Waals surface area contributed by atoms with E-state index in [2.05, 4.69) is 5.16 Å². The van der Waals surface area contributed by atoms with Crippen molar-refractivity contribution in [1.82, 2.24) is 0 Å². The molecule has 0 unspecified atom stereocenters. The maximum absolute atomic E-state index is 12.4. The fourth-order valence-corrected chi connectivity index (χ4v) is 2.22. The Hall–Kier alpha value is -2.82. The predicted octanol–water partition coefficient (Wildman–Crippen LogP) is 3.96. The Morgan fingerprint density at radius 2 is 1.76 bits per heavy atom. The summed E-state index contributed by atoms with van der Waals surface area (Å²) < 4.78 is 11.1. The fourth-order valence-electron chi connectivity index (χ4n) is 2.22. The zero-order chi connectivity index (χ0) is 17.9. The summed E-state index contributed by atoms with van der Waals surface area (Å²) in [6.45, 7) is 2.71. The molecule has 0 aromatic heterocycles. The van der Waals surface area contributed by atoms with Gasteiger partial charge in [-0.2, -0.15) is 0 Å². The van der Waals surface area contributed by atoms with Crippen LogP contribution in [0.15, 0.2) is 59.8 Å². The normalized spacial score (nSPS) is 11.0. The number of ether oxygens (including phenoxy) is 2. The molecule has 5 heteroatoms. The van der Waals surface area contributed by atoms with Gasteiger partial charge in [0.2, 0.25) is 0 Å². The lowest BCUT2D eigenvalue weighted by molar-refractivity contribution is -0.135. The van der Waals surface area contributed by atoms with Crippen molar-refractivity contribution < 1.29 is 19.1 Å². The van der Waals surface area contributed by atoms with E-state index >= 15 is 0 Å². The van der Waals surface area contributed by atoms with Crippen molar-refractivity contribution in [1.29, 1.82) is 0 Å². The number of carbonyl (C=O) groups is 1. The van der Waals surface area contributed by atoms with Crippen molar-refractivity contribution in [3.05, 3.63) is 65.7 Å². The molecule has 0 heterocycles. The topological polar surface area (TPSA) is 57.1 Å². The number of benzene rings is 2. The van der Waals surface area contributed by atoms with Gasteiger partial charge in [-0.25, -0.2) is 4.79 Å². The molecule has 0 saturated carbocycles. The first-order valence-electron chi connectivity index (χ1n) is 8.30. The molecule has 0 N–H and O–H groups in total. The number of carbonyl (C=O) groups excluding carboxylic acids is 1. The molecule has 0 radical (unpaired) electrons. The molecule has 0 aliphatic rings. The summed E-state index contributed by atoms with van der Waals surface area (Å²) in [5, 5.41) is 3.88. The second-order valence-corrected chi connectivity index (χ2v) is 5.37. The van der Waals surface area contributed by atoms with Crippen LogP contribution in [0.25, 0.3) is 0 Å². The molecule has 2 aromatic rings. The van der Waals surface area contributed by atoms with E-state index in [-0.39, 0.29) is 5.71 Å². The van der Waals surface area contributed by atoms with Crippen molar-refractivity contribution in [2.45, 2.75) is 26.4 Å². The Balaban J connectivity index is 2.17. The number of hydrogen-bond acceptors (Lipinski definition) is 5. The Bertz CT molecular complexity index is 698. The van der Waals surface area contributed by atoms with E-state index in [1.54, 1.807) is 0 Å². The van der Waals surface area contributed by atoms with E-state index in [1.807, 2.05) is 61.5 Å². The summed E-state index contributed by atoms with van der Waals surface area (Å²) in [5.41, 5.74) is 1.61. The van der Waals surface area contributed by atoms with Crippen LogP contribution in [0.3, 0.4) is 0 Å². The van der Waals surface area contributed by atoms with Gasteiger partial charge >= 0.3 is 5.97 Å². The van der Waals surface area contributed by atoms with Crippen LogP contribution in [0, 0.1) is 0 Å². The van der Waals surface area contributed by atoms with E-state index in [0.29, 0.717) is 18.8 Å². The van der Waals surface area contributed by atoms with E-state index in [0.717, 1.165) is 24.2 Å². The highest BCUT2D eigenvalue weighted by atomic mass is 16.6. The highest BCUT2D eigenvalue weighted by molar-refractivity contribution is 6.43. The zero-order valence-corrected chi connectivity index (χ0v) is 14.6. The monoisotopic (exact) mass is 341 g/mol. The lowest BCUT2D eigenvalue weighted by Gasteiger charge is -2.12. The van der Waals surface area contributed by atoms with Crippen LogP contribution in [-0.2, 0) is 21.0 Å². The Labute approximate surface area is 148 Å². The third-order valence-corrected chi connectivity index (χ3v) is 3.52. The molecule has 132 valence electrons. The molecule has 25 heavy (non-hydrogen) atoms. The Kier molecular flexibility index (Phi) is 7.50. The second-order valence-electron chi connectivity index (χ2n) is 5.37. The van der Waals surface area contributed by atoms with Crippen LogP contribution >= 0.6 is 0 Å². The summed E-state index contributed by atoms with van der Waals surface area (Å²) in [5.74, 6) is 0.260. The summed E-state index contributed by atoms with van der Waals surface area (Å²) >= 11 is 0. The molecule has 0 aliphatic heterocycles. The Morgan fingerprint density at radius 3 is 2.48 bits per heavy atom. The first-order chi connectivity index (χ1) is 12.3. The number of rotatable bonds is 9. The lowest BCUT2D eigenvalue weighted by Crippen LogP contribution is -2.21. The second kappa shape index (κ2) is 10.1. The van der Waals surface area contributed by atoms with Crippen LogP contribution in [0.4, 0.5) is 0 Å². The van der Waals surface area contributed by atoms with Crippen molar-refractivity contribution in [2.24, 2.45) is 5.16 Å². The van der Waals surface area contributed by atoms with Crippen LogP contribution < -0.4 is 4.74 Å². The van der Waals surface area contributed by atoms with Crippen LogP contribution in [0.2, 0.25) is 0 Å². The number of nitrogens with zero attached hydrogens (tertiary/aromatic N) is 1. The maximum atomic E-state index is 12.4. The van der Waals surface area contributed by atoms with Gasteiger partial charge in [-0.15, -0.1) is 0 Å². The van der Waals surface area contributed by atoms with E-state index in [9.17, 15) is 4.79 Å². The SMILES string of the molecule is CCCCOC(=O)C(=NOC)c1ccccc1COc1ccccc1. The molecule has 0 atom stereocenters. The van der Waals surface area contributed by atoms with E-state index < -0.39 is 5.97 Å². The third-order valence-electron chi connectivity index (χ3n) is 3.52. The number of hydrogen-bond donors (Lipinski definition) is 0. The number of esters is 1.